The number of halogens is 4. The summed E-state index contributed by atoms with van der Waals surface area (Å²) in [6.07, 6.45) is -5.48. The molecule has 0 saturated heterocycles. The molecule has 0 aromatic heterocycles. The van der Waals surface area contributed by atoms with Crippen molar-refractivity contribution >= 4 is 23.6 Å². The van der Waals surface area contributed by atoms with Crippen LogP contribution in [0.2, 0.25) is 5.02 Å². The maximum absolute atomic E-state index is 13.4. The van der Waals surface area contributed by atoms with E-state index in [-0.39, 0.29) is 12.4 Å². The molecule has 3 nitrogen and oxygen atoms in total. The zero-order valence-corrected chi connectivity index (χ0v) is 15.1. The SMILES string of the molecule is CCOC(=O)C1=Cc2ccc(Cc3ccccc3Cl)cc2OC1C(F)(F)F. The van der Waals surface area contributed by atoms with E-state index in [2.05, 4.69) is 0 Å². The molecular formula is C20H16ClF3O3. The first-order valence-electron chi connectivity index (χ1n) is 8.28. The van der Waals surface area contributed by atoms with Crippen molar-refractivity contribution in [3.8, 4) is 5.75 Å². The maximum Gasteiger partial charge on any atom is 0.430 e. The lowest BCUT2D eigenvalue weighted by atomic mass is 9.98. The summed E-state index contributed by atoms with van der Waals surface area (Å²) < 4.78 is 50.1. The van der Waals surface area contributed by atoms with E-state index >= 15 is 0 Å². The van der Waals surface area contributed by atoms with Crippen LogP contribution in [0.25, 0.3) is 6.08 Å². The number of hydrogen-bond donors (Lipinski definition) is 0. The number of carbonyl (C=O) groups excluding carboxylic acids is 1. The fourth-order valence-corrected chi connectivity index (χ4v) is 3.03. The first-order valence-corrected chi connectivity index (χ1v) is 8.65. The van der Waals surface area contributed by atoms with Gasteiger partial charge >= 0.3 is 12.1 Å². The molecule has 142 valence electrons. The average molecular weight is 397 g/mol. The second-order valence-electron chi connectivity index (χ2n) is 6.00. The molecule has 0 saturated carbocycles. The summed E-state index contributed by atoms with van der Waals surface area (Å²) in [4.78, 5) is 11.9. The molecule has 0 radical (unpaired) electrons. The third kappa shape index (κ3) is 4.27. The Morgan fingerprint density at radius 3 is 2.63 bits per heavy atom. The Bertz CT molecular complexity index is 890. The minimum Gasteiger partial charge on any atom is -0.475 e. The smallest absolute Gasteiger partial charge is 0.430 e. The first kappa shape index (κ1) is 19.3. The van der Waals surface area contributed by atoms with Gasteiger partial charge in [-0.25, -0.2) is 4.79 Å². The summed E-state index contributed by atoms with van der Waals surface area (Å²) in [5, 5.41) is 0.578. The molecule has 0 aliphatic carbocycles. The molecule has 1 heterocycles. The summed E-state index contributed by atoms with van der Waals surface area (Å²) in [5.74, 6) is -0.972. The van der Waals surface area contributed by atoms with Gasteiger partial charge in [-0.05, 0) is 42.7 Å². The van der Waals surface area contributed by atoms with Gasteiger partial charge in [0.05, 0.1) is 12.2 Å². The van der Waals surface area contributed by atoms with Gasteiger partial charge in [-0.3, -0.25) is 0 Å². The number of esters is 1. The molecule has 2 aromatic rings. The lowest BCUT2D eigenvalue weighted by Crippen LogP contribution is -2.40. The third-order valence-corrected chi connectivity index (χ3v) is 4.45. The Labute approximate surface area is 159 Å². The van der Waals surface area contributed by atoms with Crippen LogP contribution in [0.5, 0.6) is 5.75 Å². The topological polar surface area (TPSA) is 35.5 Å². The molecular weight excluding hydrogens is 381 g/mol. The number of rotatable bonds is 4. The predicted molar refractivity (Wildman–Crippen MR) is 95.8 cm³/mol. The van der Waals surface area contributed by atoms with Crippen molar-refractivity contribution < 1.29 is 27.4 Å². The Hall–Kier alpha value is -2.47. The van der Waals surface area contributed by atoms with Crippen molar-refractivity contribution in [3.05, 3.63) is 69.8 Å². The van der Waals surface area contributed by atoms with Crippen molar-refractivity contribution in [2.45, 2.75) is 25.6 Å². The largest absolute Gasteiger partial charge is 0.475 e. The van der Waals surface area contributed by atoms with Gasteiger partial charge in [-0.1, -0.05) is 41.9 Å². The highest BCUT2D eigenvalue weighted by Gasteiger charge is 2.48. The fraction of sp³-hybridized carbons (Fsp3) is 0.250. The van der Waals surface area contributed by atoms with E-state index in [1.807, 2.05) is 12.1 Å². The molecule has 1 unspecified atom stereocenters. The van der Waals surface area contributed by atoms with Gasteiger partial charge in [0.25, 0.3) is 0 Å². The Kier molecular flexibility index (Phi) is 5.46. The summed E-state index contributed by atoms with van der Waals surface area (Å²) in [7, 11) is 0. The summed E-state index contributed by atoms with van der Waals surface area (Å²) >= 11 is 6.14. The summed E-state index contributed by atoms with van der Waals surface area (Å²) in [6.45, 7) is 1.50. The van der Waals surface area contributed by atoms with E-state index in [9.17, 15) is 18.0 Å². The molecule has 27 heavy (non-hydrogen) atoms. The molecule has 0 spiro atoms. The van der Waals surface area contributed by atoms with Crippen molar-refractivity contribution in [1.29, 1.82) is 0 Å². The average Bonchev–Trinajstić information content (AvgIpc) is 2.62. The normalized spacial score (nSPS) is 16.2. The Morgan fingerprint density at radius 1 is 1.22 bits per heavy atom. The number of fused-ring (bicyclic) bond motifs is 1. The van der Waals surface area contributed by atoms with Crippen LogP contribution in [0, 0.1) is 0 Å². The summed E-state index contributed by atoms with van der Waals surface area (Å²) in [6, 6.07) is 12.2. The highest BCUT2D eigenvalue weighted by Crippen LogP contribution is 2.38. The minimum absolute atomic E-state index is 0.0234. The highest BCUT2D eigenvalue weighted by atomic mass is 35.5. The number of benzene rings is 2. The molecule has 1 atom stereocenters. The van der Waals surface area contributed by atoms with Crippen LogP contribution in [0.4, 0.5) is 13.2 Å². The molecule has 0 bridgehead atoms. The molecule has 0 fully saturated rings. The van der Waals surface area contributed by atoms with E-state index < -0.39 is 23.8 Å². The van der Waals surface area contributed by atoms with Gasteiger partial charge in [0, 0.05) is 10.6 Å². The van der Waals surface area contributed by atoms with Gasteiger partial charge in [-0.2, -0.15) is 13.2 Å². The van der Waals surface area contributed by atoms with Crippen LogP contribution in [0.1, 0.15) is 23.6 Å². The van der Waals surface area contributed by atoms with Crippen LogP contribution in [-0.4, -0.2) is 24.9 Å². The van der Waals surface area contributed by atoms with Gasteiger partial charge < -0.3 is 9.47 Å². The fourth-order valence-electron chi connectivity index (χ4n) is 2.83. The monoisotopic (exact) mass is 396 g/mol. The van der Waals surface area contributed by atoms with Gasteiger partial charge in [0.2, 0.25) is 6.10 Å². The van der Waals surface area contributed by atoms with Crippen molar-refractivity contribution in [2.24, 2.45) is 0 Å². The quantitative estimate of drug-likeness (QED) is 0.666. The number of ether oxygens (including phenoxy) is 2. The van der Waals surface area contributed by atoms with Crippen LogP contribution < -0.4 is 4.74 Å². The lowest BCUT2D eigenvalue weighted by molar-refractivity contribution is -0.187. The molecule has 0 N–H and O–H groups in total. The van der Waals surface area contributed by atoms with Crippen LogP contribution in [0.3, 0.4) is 0 Å². The standard InChI is InChI=1S/C20H16ClF3O3/c1-2-26-19(25)15-11-14-8-7-12(9-13-5-3-4-6-16(13)21)10-17(14)27-18(15)20(22,23)24/h3-8,10-11,18H,2,9H2,1H3. The zero-order chi connectivity index (χ0) is 19.6. The first-order chi connectivity index (χ1) is 12.8. The second kappa shape index (κ2) is 7.64. The van der Waals surface area contributed by atoms with E-state index in [0.29, 0.717) is 17.0 Å². The van der Waals surface area contributed by atoms with E-state index in [1.165, 1.54) is 19.1 Å². The number of alkyl halides is 3. The molecule has 3 rings (SSSR count). The maximum atomic E-state index is 13.4. The van der Waals surface area contributed by atoms with Crippen LogP contribution >= 0.6 is 11.6 Å². The van der Waals surface area contributed by atoms with Gasteiger partial charge in [0.15, 0.2) is 0 Å². The second-order valence-corrected chi connectivity index (χ2v) is 6.41. The Morgan fingerprint density at radius 2 is 1.96 bits per heavy atom. The van der Waals surface area contributed by atoms with E-state index in [0.717, 1.165) is 11.1 Å². The number of hydrogen-bond acceptors (Lipinski definition) is 3. The lowest BCUT2D eigenvalue weighted by Gasteiger charge is -2.28. The molecule has 1 aliphatic rings. The minimum atomic E-state index is -4.74. The van der Waals surface area contributed by atoms with Gasteiger partial charge in [0.1, 0.15) is 5.75 Å². The summed E-state index contributed by atoms with van der Waals surface area (Å²) in [5.41, 5.74) is 1.43. The molecule has 7 heteroatoms. The zero-order valence-electron chi connectivity index (χ0n) is 14.3. The molecule has 0 amide bonds. The van der Waals surface area contributed by atoms with Crippen LogP contribution in [0.15, 0.2) is 48.0 Å². The van der Waals surface area contributed by atoms with E-state index in [1.54, 1.807) is 24.3 Å². The number of carbonyl (C=O) groups is 1. The third-order valence-electron chi connectivity index (χ3n) is 4.08. The Balaban J connectivity index is 1.95. The predicted octanol–water partition coefficient (Wildman–Crippen LogP) is 5.20. The molecule has 2 aromatic carbocycles. The van der Waals surface area contributed by atoms with Gasteiger partial charge in [-0.15, -0.1) is 0 Å². The highest BCUT2D eigenvalue weighted by molar-refractivity contribution is 6.31. The van der Waals surface area contributed by atoms with Crippen LogP contribution in [-0.2, 0) is 16.0 Å². The van der Waals surface area contributed by atoms with Crippen molar-refractivity contribution in [2.75, 3.05) is 6.61 Å². The van der Waals surface area contributed by atoms with Crippen molar-refractivity contribution in [3.63, 3.8) is 0 Å². The molecule has 1 aliphatic heterocycles. The van der Waals surface area contributed by atoms with E-state index in [4.69, 9.17) is 21.1 Å². The van der Waals surface area contributed by atoms with Crippen molar-refractivity contribution in [1.82, 2.24) is 0 Å².